The van der Waals surface area contributed by atoms with Gasteiger partial charge in [-0.15, -0.1) is 0 Å². The molecule has 1 heterocycles. The van der Waals surface area contributed by atoms with Gasteiger partial charge in [0.25, 0.3) is 0 Å². The number of rotatable bonds is 5. The van der Waals surface area contributed by atoms with Gasteiger partial charge in [0, 0.05) is 26.7 Å². The summed E-state index contributed by atoms with van der Waals surface area (Å²) in [6.07, 6.45) is 3.92. The van der Waals surface area contributed by atoms with Gasteiger partial charge in [-0.05, 0) is 26.2 Å². The Bertz CT molecular complexity index is 258. The lowest BCUT2D eigenvalue weighted by molar-refractivity contribution is -0.143. The summed E-state index contributed by atoms with van der Waals surface area (Å²) in [5.74, 6) is 0.191. The average molecular weight is 242 g/mol. The van der Waals surface area contributed by atoms with Crippen LogP contribution in [0.3, 0.4) is 0 Å². The maximum Gasteiger partial charge on any atom is 0.227 e. The normalized spacial score (nSPS) is 26.9. The first-order valence-electron chi connectivity index (χ1n) is 6.60. The molecule has 0 aromatic heterocycles. The SMILES string of the molecule is CCCC(CN)C(=O)N1CCCC(C)(OC)C1. The van der Waals surface area contributed by atoms with E-state index in [9.17, 15) is 4.79 Å². The van der Waals surface area contributed by atoms with E-state index >= 15 is 0 Å². The van der Waals surface area contributed by atoms with Crippen molar-refractivity contribution >= 4 is 5.91 Å². The second kappa shape index (κ2) is 6.36. The van der Waals surface area contributed by atoms with E-state index in [2.05, 4.69) is 13.8 Å². The molecule has 0 aliphatic carbocycles. The van der Waals surface area contributed by atoms with Gasteiger partial charge in [0.05, 0.1) is 11.5 Å². The molecular weight excluding hydrogens is 216 g/mol. The van der Waals surface area contributed by atoms with Crippen molar-refractivity contribution in [2.24, 2.45) is 11.7 Å². The predicted octanol–water partition coefficient (Wildman–Crippen LogP) is 1.39. The lowest BCUT2D eigenvalue weighted by Crippen LogP contribution is -2.52. The van der Waals surface area contributed by atoms with E-state index in [0.29, 0.717) is 13.1 Å². The van der Waals surface area contributed by atoms with Gasteiger partial charge in [-0.2, -0.15) is 0 Å². The first-order chi connectivity index (χ1) is 8.06. The number of ether oxygens (including phenoxy) is 1. The summed E-state index contributed by atoms with van der Waals surface area (Å²) in [5.41, 5.74) is 5.51. The number of carbonyl (C=O) groups excluding carboxylic acids is 1. The molecular formula is C13H26N2O2. The van der Waals surface area contributed by atoms with Gasteiger partial charge in [0.1, 0.15) is 0 Å². The highest BCUT2D eigenvalue weighted by Crippen LogP contribution is 2.25. The third kappa shape index (κ3) is 3.68. The highest BCUT2D eigenvalue weighted by Gasteiger charge is 2.34. The summed E-state index contributed by atoms with van der Waals surface area (Å²) in [5, 5.41) is 0. The first kappa shape index (κ1) is 14.5. The van der Waals surface area contributed by atoms with Crippen molar-refractivity contribution in [3.8, 4) is 0 Å². The number of nitrogens with two attached hydrogens (primary N) is 1. The number of methoxy groups -OCH3 is 1. The summed E-state index contributed by atoms with van der Waals surface area (Å²) in [4.78, 5) is 14.2. The molecule has 1 saturated heterocycles. The van der Waals surface area contributed by atoms with E-state index in [4.69, 9.17) is 10.5 Å². The van der Waals surface area contributed by atoms with E-state index in [-0.39, 0.29) is 17.4 Å². The number of hydrogen-bond donors (Lipinski definition) is 1. The first-order valence-corrected chi connectivity index (χ1v) is 6.60. The minimum absolute atomic E-state index is 0.0146. The summed E-state index contributed by atoms with van der Waals surface area (Å²) >= 11 is 0. The van der Waals surface area contributed by atoms with Crippen molar-refractivity contribution < 1.29 is 9.53 Å². The number of likely N-dealkylation sites (tertiary alicyclic amines) is 1. The average Bonchev–Trinajstić information content (AvgIpc) is 2.35. The third-order valence-electron chi connectivity index (χ3n) is 3.73. The molecule has 0 bridgehead atoms. The Morgan fingerprint density at radius 2 is 2.29 bits per heavy atom. The second-order valence-electron chi connectivity index (χ2n) is 5.24. The second-order valence-corrected chi connectivity index (χ2v) is 5.24. The number of carbonyl (C=O) groups is 1. The van der Waals surface area contributed by atoms with Crippen LogP contribution in [-0.4, -0.2) is 43.2 Å². The fourth-order valence-corrected chi connectivity index (χ4v) is 2.51. The van der Waals surface area contributed by atoms with Crippen LogP contribution >= 0.6 is 0 Å². The molecule has 4 nitrogen and oxygen atoms in total. The van der Waals surface area contributed by atoms with Gasteiger partial charge in [-0.1, -0.05) is 13.3 Å². The number of nitrogens with zero attached hydrogens (tertiary/aromatic N) is 1. The van der Waals surface area contributed by atoms with Crippen molar-refractivity contribution in [1.29, 1.82) is 0 Å². The van der Waals surface area contributed by atoms with Crippen LogP contribution in [0.4, 0.5) is 0 Å². The smallest absolute Gasteiger partial charge is 0.227 e. The minimum atomic E-state index is -0.181. The van der Waals surface area contributed by atoms with Crippen LogP contribution in [0.25, 0.3) is 0 Å². The molecule has 1 aliphatic heterocycles. The van der Waals surface area contributed by atoms with Gasteiger partial charge < -0.3 is 15.4 Å². The summed E-state index contributed by atoms with van der Waals surface area (Å²) in [6.45, 7) is 6.16. The Morgan fingerprint density at radius 1 is 1.59 bits per heavy atom. The van der Waals surface area contributed by atoms with E-state index in [0.717, 1.165) is 32.2 Å². The van der Waals surface area contributed by atoms with Gasteiger partial charge in [0.15, 0.2) is 0 Å². The Balaban J connectivity index is 2.62. The lowest BCUT2D eigenvalue weighted by Gasteiger charge is -2.40. The minimum Gasteiger partial charge on any atom is -0.377 e. The van der Waals surface area contributed by atoms with Crippen molar-refractivity contribution in [3.05, 3.63) is 0 Å². The van der Waals surface area contributed by atoms with Crippen molar-refractivity contribution in [3.63, 3.8) is 0 Å². The predicted molar refractivity (Wildman–Crippen MR) is 68.7 cm³/mol. The zero-order chi connectivity index (χ0) is 12.9. The zero-order valence-corrected chi connectivity index (χ0v) is 11.4. The zero-order valence-electron chi connectivity index (χ0n) is 11.4. The Labute approximate surface area is 104 Å². The fourth-order valence-electron chi connectivity index (χ4n) is 2.51. The molecule has 2 unspecified atom stereocenters. The Hall–Kier alpha value is -0.610. The molecule has 0 saturated carbocycles. The van der Waals surface area contributed by atoms with Gasteiger partial charge in [0.2, 0.25) is 5.91 Å². The maximum absolute atomic E-state index is 12.3. The molecule has 17 heavy (non-hydrogen) atoms. The number of piperidine rings is 1. The molecule has 0 aromatic rings. The van der Waals surface area contributed by atoms with Crippen molar-refractivity contribution in [1.82, 2.24) is 4.90 Å². The van der Waals surface area contributed by atoms with Gasteiger partial charge >= 0.3 is 0 Å². The fraction of sp³-hybridized carbons (Fsp3) is 0.923. The van der Waals surface area contributed by atoms with Crippen LogP contribution < -0.4 is 5.73 Å². The highest BCUT2D eigenvalue weighted by molar-refractivity contribution is 5.79. The largest absolute Gasteiger partial charge is 0.377 e. The molecule has 100 valence electrons. The van der Waals surface area contributed by atoms with E-state index < -0.39 is 0 Å². The topological polar surface area (TPSA) is 55.6 Å². The van der Waals surface area contributed by atoms with Gasteiger partial charge in [-0.25, -0.2) is 0 Å². The Kier molecular flexibility index (Phi) is 5.40. The summed E-state index contributed by atoms with van der Waals surface area (Å²) < 4.78 is 5.51. The standard InChI is InChI=1S/C13H26N2O2/c1-4-6-11(9-14)12(16)15-8-5-7-13(2,10-15)17-3/h11H,4-10,14H2,1-3H3. The number of hydrogen-bond acceptors (Lipinski definition) is 3. The van der Waals surface area contributed by atoms with E-state index in [1.54, 1.807) is 7.11 Å². The van der Waals surface area contributed by atoms with E-state index in [1.807, 2.05) is 4.90 Å². The quantitative estimate of drug-likeness (QED) is 0.792. The third-order valence-corrected chi connectivity index (χ3v) is 3.73. The molecule has 1 rings (SSSR count). The molecule has 1 aliphatic rings. The Morgan fingerprint density at radius 3 is 2.82 bits per heavy atom. The molecule has 4 heteroatoms. The van der Waals surface area contributed by atoms with Crippen molar-refractivity contribution in [2.75, 3.05) is 26.7 Å². The molecule has 0 aromatic carbocycles. The summed E-state index contributed by atoms with van der Waals surface area (Å²) in [7, 11) is 1.72. The van der Waals surface area contributed by atoms with Crippen LogP contribution in [0.15, 0.2) is 0 Å². The van der Waals surface area contributed by atoms with Crippen LogP contribution in [0.2, 0.25) is 0 Å². The molecule has 2 atom stereocenters. The van der Waals surface area contributed by atoms with Crippen molar-refractivity contribution in [2.45, 2.75) is 45.1 Å². The van der Waals surface area contributed by atoms with E-state index in [1.165, 1.54) is 0 Å². The van der Waals surface area contributed by atoms with Gasteiger partial charge in [-0.3, -0.25) is 4.79 Å². The number of amides is 1. The molecule has 0 spiro atoms. The molecule has 2 N–H and O–H groups in total. The maximum atomic E-state index is 12.3. The highest BCUT2D eigenvalue weighted by atomic mass is 16.5. The molecule has 1 amide bonds. The van der Waals surface area contributed by atoms with Crippen LogP contribution in [0.1, 0.15) is 39.5 Å². The molecule has 1 fully saturated rings. The van der Waals surface area contributed by atoms with Crippen LogP contribution in [0, 0.1) is 5.92 Å². The monoisotopic (exact) mass is 242 g/mol. The lowest BCUT2D eigenvalue weighted by atomic mass is 9.93. The summed E-state index contributed by atoms with van der Waals surface area (Å²) in [6, 6.07) is 0. The molecule has 0 radical (unpaired) electrons. The van der Waals surface area contributed by atoms with Crippen LogP contribution in [-0.2, 0) is 9.53 Å². The van der Waals surface area contributed by atoms with Crippen LogP contribution in [0.5, 0.6) is 0 Å².